The Morgan fingerprint density at radius 1 is 1.12 bits per heavy atom. The third-order valence-electron chi connectivity index (χ3n) is 3.99. The molecule has 0 saturated carbocycles. The second kappa shape index (κ2) is 9.82. The molecular formula is C21H27NO4. The molecule has 0 aromatic heterocycles. The predicted molar refractivity (Wildman–Crippen MR) is 102 cm³/mol. The lowest BCUT2D eigenvalue weighted by molar-refractivity contribution is -0.121. The average Bonchev–Trinajstić information content (AvgIpc) is 2.61. The topological polar surface area (TPSA) is 67.8 Å². The molecule has 2 N–H and O–H groups in total. The average molecular weight is 357 g/mol. The summed E-state index contributed by atoms with van der Waals surface area (Å²) in [5, 5.41) is 12.2. The van der Waals surface area contributed by atoms with Crippen molar-refractivity contribution in [3.8, 4) is 17.2 Å². The number of nitrogens with one attached hydrogen (secondary N) is 1. The fourth-order valence-electron chi connectivity index (χ4n) is 2.73. The molecule has 0 spiro atoms. The molecule has 0 aliphatic heterocycles. The highest BCUT2D eigenvalue weighted by molar-refractivity contribution is 5.76. The molecule has 26 heavy (non-hydrogen) atoms. The van der Waals surface area contributed by atoms with Gasteiger partial charge in [-0.1, -0.05) is 12.1 Å². The summed E-state index contributed by atoms with van der Waals surface area (Å²) in [6.45, 7) is 7.67. The minimum absolute atomic E-state index is 0.0319. The van der Waals surface area contributed by atoms with Crippen molar-refractivity contribution in [1.82, 2.24) is 5.32 Å². The van der Waals surface area contributed by atoms with Crippen LogP contribution in [0.15, 0.2) is 36.4 Å². The summed E-state index contributed by atoms with van der Waals surface area (Å²) in [5.74, 6) is 1.72. The van der Waals surface area contributed by atoms with Crippen molar-refractivity contribution in [3.63, 3.8) is 0 Å². The summed E-state index contributed by atoms with van der Waals surface area (Å²) in [7, 11) is 0. The molecule has 0 aliphatic carbocycles. The molecule has 5 heteroatoms. The number of ether oxygens (including phenoxy) is 2. The van der Waals surface area contributed by atoms with E-state index in [2.05, 4.69) is 17.4 Å². The molecular weight excluding hydrogens is 330 g/mol. The molecule has 5 nitrogen and oxygen atoms in total. The number of phenols is 1. The van der Waals surface area contributed by atoms with Crippen LogP contribution in [-0.4, -0.2) is 30.8 Å². The van der Waals surface area contributed by atoms with Gasteiger partial charge in [-0.3, -0.25) is 4.79 Å². The second-order valence-corrected chi connectivity index (χ2v) is 6.20. The van der Waals surface area contributed by atoms with Gasteiger partial charge in [0.2, 0.25) is 5.91 Å². The summed E-state index contributed by atoms with van der Waals surface area (Å²) >= 11 is 0. The second-order valence-electron chi connectivity index (χ2n) is 6.20. The van der Waals surface area contributed by atoms with Crippen LogP contribution in [0.2, 0.25) is 0 Å². The Balaban J connectivity index is 1.93. The number of benzene rings is 2. The Hall–Kier alpha value is -2.53. The highest BCUT2D eigenvalue weighted by atomic mass is 16.5. The van der Waals surface area contributed by atoms with E-state index in [0.29, 0.717) is 38.3 Å². The third-order valence-corrected chi connectivity index (χ3v) is 3.99. The van der Waals surface area contributed by atoms with Gasteiger partial charge in [0, 0.05) is 19.6 Å². The van der Waals surface area contributed by atoms with Gasteiger partial charge in [-0.15, -0.1) is 0 Å². The molecule has 0 bridgehead atoms. The van der Waals surface area contributed by atoms with Gasteiger partial charge < -0.3 is 19.9 Å². The molecule has 2 rings (SSSR count). The first kappa shape index (κ1) is 19.8. The normalized spacial score (nSPS) is 10.6. The van der Waals surface area contributed by atoms with Gasteiger partial charge >= 0.3 is 0 Å². The van der Waals surface area contributed by atoms with Gasteiger partial charge in [0.1, 0.15) is 17.2 Å². The van der Waals surface area contributed by atoms with E-state index < -0.39 is 0 Å². The molecule has 0 heterocycles. The first-order chi connectivity index (χ1) is 12.5. The van der Waals surface area contributed by atoms with Crippen LogP contribution < -0.4 is 10.1 Å². The maximum atomic E-state index is 11.9. The number of carbonyl (C=O) groups is 1. The molecule has 0 unspecified atom stereocenters. The van der Waals surface area contributed by atoms with Gasteiger partial charge in [0.25, 0.3) is 0 Å². The van der Waals surface area contributed by atoms with Crippen molar-refractivity contribution in [1.29, 1.82) is 0 Å². The fourth-order valence-corrected chi connectivity index (χ4v) is 2.73. The van der Waals surface area contributed by atoms with E-state index in [-0.39, 0.29) is 11.7 Å². The van der Waals surface area contributed by atoms with E-state index in [4.69, 9.17) is 9.47 Å². The van der Waals surface area contributed by atoms with Crippen LogP contribution in [0.5, 0.6) is 17.2 Å². The van der Waals surface area contributed by atoms with Gasteiger partial charge in [0.15, 0.2) is 0 Å². The van der Waals surface area contributed by atoms with Crippen molar-refractivity contribution in [3.05, 3.63) is 53.1 Å². The quantitative estimate of drug-likeness (QED) is 0.668. The van der Waals surface area contributed by atoms with Crippen LogP contribution >= 0.6 is 0 Å². The Kier molecular flexibility index (Phi) is 7.48. The number of hydrogen-bond donors (Lipinski definition) is 2. The lowest BCUT2D eigenvalue weighted by Gasteiger charge is -2.14. The maximum absolute atomic E-state index is 11.9. The minimum atomic E-state index is 0.0319. The first-order valence-corrected chi connectivity index (χ1v) is 8.91. The summed E-state index contributed by atoms with van der Waals surface area (Å²) in [6, 6.07) is 10.8. The molecule has 2 aromatic rings. The van der Waals surface area contributed by atoms with Crippen molar-refractivity contribution < 1.29 is 19.4 Å². The number of carbonyl (C=O) groups excluding carboxylic acids is 1. The van der Waals surface area contributed by atoms with Crippen molar-refractivity contribution in [2.75, 3.05) is 19.8 Å². The Bertz CT molecular complexity index is 702. The zero-order chi connectivity index (χ0) is 18.9. The fraction of sp³-hybridized carbons (Fsp3) is 0.381. The third kappa shape index (κ3) is 6.08. The van der Waals surface area contributed by atoms with E-state index in [9.17, 15) is 9.90 Å². The van der Waals surface area contributed by atoms with Crippen LogP contribution in [-0.2, 0) is 16.0 Å². The van der Waals surface area contributed by atoms with Crippen LogP contribution in [0, 0.1) is 13.8 Å². The maximum Gasteiger partial charge on any atom is 0.220 e. The first-order valence-electron chi connectivity index (χ1n) is 8.91. The number of aryl methyl sites for hydroxylation is 3. The standard InChI is InChI=1S/C21H27NO4/c1-4-25-12-11-22-20(24)10-5-17-13-15(2)21(16(3)14-17)26-19-8-6-18(23)7-9-19/h6-9,13-14,23H,4-5,10-12H2,1-3H3,(H,22,24). The highest BCUT2D eigenvalue weighted by Gasteiger charge is 2.09. The number of rotatable bonds is 9. The Morgan fingerprint density at radius 3 is 2.38 bits per heavy atom. The summed E-state index contributed by atoms with van der Waals surface area (Å²) in [6.07, 6.45) is 1.13. The zero-order valence-electron chi connectivity index (χ0n) is 15.7. The number of hydrogen-bond acceptors (Lipinski definition) is 4. The van der Waals surface area contributed by atoms with E-state index in [1.54, 1.807) is 24.3 Å². The Labute approximate surface area is 155 Å². The predicted octanol–water partition coefficient (Wildman–Crippen LogP) is 3.89. The van der Waals surface area contributed by atoms with Gasteiger partial charge in [-0.25, -0.2) is 0 Å². The van der Waals surface area contributed by atoms with E-state index in [1.807, 2.05) is 20.8 Å². The van der Waals surface area contributed by atoms with Crippen molar-refractivity contribution in [2.24, 2.45) is 0 Å². The van der Waals surface area contributed by atoms with Crippen molar-refractivity contribution in [2.45, 2.75) is 33.6 Å². The summed E-state index contributed by atoms with van der Waals surface area (Å²) < 4.78 is 11.2. The Morgan fingerprint density at radius 2 is 1.77 bits per heavy atom. The number of amides is 1. The zero-order valence-corrected chi connectivity index (χ0v) is 15.7. The highest BCUT2D eigenvalue weighted by Crippen LogP contribution is 2.30. The monoisotopic (exact) mass is 357 g/mol. The lowest BCUT2D eigenvalue weighted by atomic mass is 10.0. The largest absolute Gasteiger partial charge is 0.508 e. The summed E-state index contributed by atoms with van der Waals surface area (Å²) in [4.78, 5) is 11.9. The van der Waals surface area contributed by atoms with E-state index in [0.717, 1.165) is 22.4 Å². The van der Waals surface area contributed by atoms with E-state index >= 15 is 0 Å². The van der Waals surface area contributed by atoms with Crippen molar-refractivity contribution >= 4 is 5.91 Å². The molecule has 140 valence electrons. The van der Waals surface area contributed by atoms with Gasteiger partial charge in [0.05, 0.1) is 6.61 Å². The van der Waals surface area contributed by atoms with Gasteiger partial charge in [-0.2, -0.15) is 0 Å². The lowest BCUT2D eigenvalue weighted by Crippen LogP contribution is -2.27. The molecule has 0 saturated heterocycles. The van der Waals surface area contributed by atoms with Crippen LogP contribution in [0.1, 0.15) is 30.0 Å². The SMILES string of the molecule is CCOCCNC(=O)CCc1cc(C)c(Oc2ccc(O)cc2)c(C)c1. The molecule has 0 fully saturated rings. The number of aromatic hydroxyl groups is 1. The van der Waals surface area contributed by atoms with Crippen LogP contribution in [0.25, 0.3) is 0 Å². The van der Waals surface area contributed by atoms with Crippen LogP contribution in [0.4, 0.5) is 0 Å². The van der Waals surface area contributed by atoms with E-state index in [1.165, 1.54) is 0 Å². The molecule has 0 aliphatic rings. The number of phenolic OH excluding ortho intramolecular Hbond substituents is 1. The minimum Gasteiger partial charge on any atom is -0.508 e. The molecule has 1 amide bonds. The molecule has 0 radical (unpaired) electrons. The molecule has 0 atom stereocenters. The smallest absolute Gasteiger partial charge is 0.220 e. The molecule has 2 aromatic carbocycles. The van der Waals surface area contributed by atoms with Gasteiger partial charge in [-0.05, 0) is 68.1 Å². The summed E-state index contributed by atoms with van der Waals surface area (Å²) in [5.41, 5.74) is 3.15. The van der Waals surface area contributed by atoms with Crippen LogP contribution in [0.3, 0.4) is 0 Å².